The Balaban J connectivity index is 2.09. The predicted octanol–water partition coefficient (Wildman–Crippen LogP) is 4.73. The third-order valence-electron chi connectivity index (χ3n) is 2.61. The third-order valence-corrected chi connectivity index (χ3v) is 3.14. The fourth-order valence-corrected chi connectivity index (χ4v) is 2.15. The van der Waals surface area contributed by atoms with Crippen LogP contribution in [-0.2, 0) is 0 Å². The van der Waals surface area contributed by atoms with Crippen molar-refractivity contribution in [3.05, 3.63) is 59.0 Å². The molecule has 94 valence electrons. The molecule has 2 aromatic heterocycles. The highest BCUT2D eigenvalue weighted by Crippen LogP contribution is 2.32. The number of ether oxygens (including phenoxy) is 1. The minimum atomic E-state index is 0.378. The minimum Gasteiger partial charge on any atom is -0.455 e. The second-order valence-electron chi connectivity index (χ2n) is 3.86. The van der Waals surface area contributed by atoms with E-state index in [0.717, 1.165) is 5.39 Å². The fourth-order valence-electron chi connectivity index (χ4n) is 1.77. The summed E-state index contributed by atoms with van der Waals surface area (Å²) in [4.78, 5) is 8.21. The van der Waals surface area contributed by atoms with Gasteiger partial charge in [0, 0.05) is 23.8 Å². The van der Waals surface area contributed by atoms with Crippen LogP contribution in [0, 0.1) is 0 Å². The molecule has 0 fully saturated rings. The summed E-state index contributed by atoms with van der Waals surface area (Å²) in [7, 11) is 0. The lowest BCUT2D eigenvalue weighted by Crippen LogP contribution is -1.89. The molecule has 3 nitrogen and oxygen atoms in total. The predicted molar refractivity (Wildman–Crippen MR) is 76.1 cm³/mol. The van der Waals surface area contributed by atoms with Crippen LogP contribution in [-0.4, -0.2) is 9.97 Å². The first kappa shape index (κ1) is 12.2. The van der Waals surface area contributed by atoms with Gasteiger partial charge in [-0.3, -0.25) is 4.98 Å². The van der Waals surface area contributed by atoms with E-state index >= 15 is 0 Å². The van der Waals surface area contributed by atoms with E-state index in [1.165, 1.54) is 0 Å². The van der Waals surface area contributed by atoms with Crippen LogP contribution in [0.5, 0.6) is 11.5 Å². The van der Waals surface area contributed by atoms with Crippen molar-refractivity contribution in [2.75, 3.05) is 0 Å². The van der Waals surface area contributed by atoms with Crippen LogP contribution in [0.15, 0.2) is 48.8 Å². The average molecular weight is 291 g/mol. The zero-order valence-corrected chi connectivity index (χ0v) is 11.2. The number of hydrogen-bond acceptors (Lipinski definition) is 3. The Bertz CT molecular complexity index is 746. The van der Waals surface area contributed by atoms with Crippen LogP contribution < -0.4 is 4.74 Å². The van der Waals surface area contributed by atoms with Gasteiger partial charge in [-0.15, -0.1) is 0 Å². The maximum absolute atomic E-state index is 6.13. The maximum Gasteiger partial charge on any atom is 0.153 e. The molecular weight excluding hydrogens is 283 g/mol. The molecule has 0 radical (unpaired) electrons. The van der Waals surface area contributed by atoms with Crippen LogP contribution in [0.25, 0.3) is 10.9 Å². The van der Waals surface area contributed by atoms with Crippen LogP contribution in [0.1, 0.15) is 0 Å². The molecule has 0 saturated carbocycles. The summed E-state index contributed by atoms with van der Waals surface area (Å²) in [6, 6.07) is 10.7. The standard InChI is InChI=1S/C14H8Cl2N2O/c15-11-3-4-12(14-10(11)2-1-6-18-14)19-9-5-7-17-13(16)8-9/h1-8H. The normalized spacial score (nSPS) is 10.6. The summed E-state index contributed by atoms with van der Waals surface area (Å²) < 4.78 is 5.78. The van der Waals surface area contributed by atoms with Gasteiger partial charge in [0.15, 0.2) is 5.75 Å². The van der Waals surface area contributed by atoms with Gasteiger partial charge in [0.05, 0.1) is 5.02 Å². The number of halogens is 2. The lowest BCUT2D eigenvalue weighted by Gasteiger charge is -2.09. The van der Waals surface area contributed by atoms with Gasteiger partial charge in [0.25, 0.3) is 0 Å². The Kier molecular flexibility index (Phi) is 3.23. The lowest BCUT2D eigenvalue weighted by atomic mass is 10.2. The van der Waals surface area contributed by atoms with E-state index < -0.39 is 0 Å². The molecule has 5 heteroatoms. The summed E-state index contributed by atoms with van der Waals surface area (Å²) in [5, 5.41) is 1.87. The van der Waals surface area contributed by atoms with Crippen LogP contribution in [0.2, 0.25) is 10.2 Å². The van der Waals surface area contributed by atoms with Crippen molar-refractivity contribution in [2.24, 2.45) is 0 Å². The zero-order valence-electron chi connectivity index (χ0n) is 9.68. The average Bonchev–Trinajstić information content (AvgIpc) is 2.42. The number of pyridine rings is 2. The number of rotatable bonds is 2. The second-order valence-corrected chi connectivity index (χ2v) is 4.66. The molecule has 1 aromatic carbocycles. The summed E-state index contributed by atoms with van der Waals surface area (Å²) in [5.41, 5.74) is 0.711. The molecular formula is C14H8Cl2N2O. The first-order valence-electron chi connectivity index (χ1n) is 5.57. The van der Waals surface area contributed by atoms with Gasteiger partial charge in [-0.1, -0.05) is 23.2 Å². The monoisotopic (exact) mass is 290 g/mol. The highest BCUT2D eigenvalue weighted by Gasteiger charge is 2.08. The Morgan fingerprint density at radius 2 is 1.84 bits per heavy atom. The van der Waals surface area contributed by atoms with E-state index in [-0.39, 0.29) is 0 Å². The van der Waals surface area contributed by atoms with E-state index in [2.05, 4.69) is 9.97 Å². The summed E-state index contributed by atoms with van der Waals surface area (Å²) in [6.07, 6.45) is 3.29. The van der Waals surface area contributed by atoms with Gasteiger partial charge in [-0.2, -0.15) is 0 Å². The van der Waals surface area contributed by atoms with Crippen molar-refractivity contribution in [3.63, 3.8) is 0 Å². The lowest BCUT2D eigenvalue weighted by molar-refractivity contribution is 0.486. The van der Waals surface area contributed by atoms with Gasteiger partial charge in [0.1, 0.15) is 16.4 Å². The van der Waals surface area contributed by atoms with Crippen molar-refractivity contribution in [3.8, 4) is 11.5 Å². The molecule has 0 amide bonds. The highest BCUT2D eigenvalue weighted by atomic mass is 35.5. The van der Waals surface area contributed by atoms with Crippen molar-refractivity contribution in [1.82, 2.24) is 9.97 Å². The van der Waals surface area contributed by atoms with Gasteiger partial charge in [-0.25, -0.2) is 4.98 Å². The van der Waals surface area contributed by atoms with Crippen LogP contribution >= 0.6 is 23.2 Å². The number of aromatic nitrogens is 2. The molecule has 3 aromatic rings. The first-order chi connectivity index (χ1) is 9.24. The van der Waals surface area contributed by atoms with Crippen LogP contribution in [0.3, 0.4) is 0 Å². The third kappa shape index (κ3) is 2.48. The maximum atomic E-state index is 6.13. The molecule has 19 heavy (non-hydrogen) atoms. The van der Waals surface area contributed by atoms with E-state index in [1.54, 1.807) is 36.7 Å². The smallest absolute Gasteiger partial charge is 0.153 e. The zero-order chi connectivity index (χ0) is 13.2. The number of hydrogen-bond donors (Lipinski definition) is 0. The van der Waals surface area contributed by atoms with Crippen molar-refractivity contribution < 1.29 is 4.74 Å². The van der Waals surface area contributed by atoms with E-state index in [0.29, 0.717) is 27.2 Å². The largest absolute Gasteiger partial charge is 0.455 e. The quantitative estimate of drug-likeness (QED) is 0.640. The van der Waals surface area contributed by atoms with Gasteiger partial charge in [-0.05, 0) is 30.3 Å². The van der Waals surface area contributed by atoms with Crippen LogP contribution in [0.4, 0.5) is 0 Å². The molecule has 0 aliphatic rings. The molecule has 0 aliphatic carbocycles. The summed E-state index contributed by atoms with van der Waals surface area (Å²) in [5.74, 6) is 1.23. The SMILES string of the molecule is Clc1cc(Oc2ccc(Cl)c3cccnc23)ccn1. The Hall–Kier alpha value is -1.84. The van der Waals surface area contributed by atoms with Gasteiger partial charge < -0.3 is 4.74 Å². The number of fused-ring (bicyclic) bond motifs is 1. The molecule has 2 heterocycles. The van der Waals surface area contributed by atoms with Gasteiger partial charge >= 0.3 is 0 Å². The number of benzene rings is 1. The van der Waals surface area contributed by atoms with E-state index in [4.69, 9.17) is 27.9 Å². The Labute approximate surface area is 119 Å². The number of nitrogens with zero attached hydrogens (tertiary/aromatic N) is 2. The second kappa shape index (κ2) is 5.03. The van der Waals surface area contributed by atoms with Crippen molar-refractivity contribution in [2.45, 2.75) is 0 Å². The van der Waals surface area contributed by atoms with Crippen molar-refractivity contribution >= 4 is 34.1 Å². The first-order valence-corrected chi connectivity index (χ1v) is 6.32. The minimum absolute atomic E-state index is 0.378. The topological polar surface area (TPSA) is 35.0 Å². The molecule has 0 bridgehead atoms. The van der Waals surface area contributed by atoms with E-state index in [9.17, 15) is 0 Å². The Morgan fingerprint density at radius 3 is 2.68 bits per heavy atom. The molecule has 0 aliphatic heterocycles. The molecule has 3 rings (SSSR count). The molecule has 0 spiro atoms. The molecule has 0 N–H and O–H groups in total. The van der Waals surface area contributed by atoms with Crippen molar-refractivity contribution in [1.29, 1.82) is 0 Å². The van der Waals surface area contributed by atoms with Gasteiger partial charge in [0.2, 0.25) is 0 Å². The summed E-state index contributed by atoms with van der Waals surface area (Å²) >= 11 is 12.0. The van der Waals surface area contributed by atoms with E-state index in [1.807, 2.05) is 12.1 Å². The fraction of sp³-hybridized carbons (Fsp3) is 0. The molecule has 0 saturated heterocycles. The summed E-state index contributed by atoms with van der Waals surface area (Å²) in [6.45, 7) is 0. The molecule has 0 unspecified atom stereocenters. The Morgan fingerprint density at radius 1 is 0.947 bits per heavy atom. The highest BCUT2D eigenvalue weighted by molar-refractivity contribution is 6.35. The molecule has 0 atom stereocenters.